The zero-order valence-corrected chi connectivity index (χ0v) is 10.1. The number of aliphatic hydroxyl groups is 1. The number of nitrogens with one attached hydrogen (secondary N) is 1. The molecule has 18 heavy (non-hydrogen) atoms. The van der Waals surface area contributed by atoms with Crippen molar-refractivity contribution in [2.45, 2.75) is 6.04 Å². The van der Waals surface area contributed by atoms with Crippen molar-refractivity contribution in [3.63, 3.8) is 0 Å². The number of nitrogen functional groups attached to an aromatic ring is 1. The van der Waals surface area contributed by atoms with E-state index in [1.54, 1.807) is 19.2 Å². The number of nitrogens with two attached hydrogens (primary N) is 1. The molecule has 6 heteroatoms. The molecule has 0 spiro atoms. The molecule has 2 aromatic rings. The van der Waals surface area contributed by atoms with Crippen LogP contribution in [0.25, 0.3) is 10.9 Å². The molecule has 1 unspecified atom stereocenters. The number of anilines is 2. The SMILES string of the molecule is COCC(CO)Nc1ncnc2cc(N)ccc12. The Kier molecular flexibility index (Phi) is 3.91. The van der Waals surface area contributed by atoms with Gasteiger partial charge in [0.25, 0.3) is 0 Å². The fraction of sp³-hybridized carbons (Fsp3) is 0.333. The Bertz CT molecular complexity index is 532. The number of aliphatic hydroxyl groups excluding tert-OH is 1. The molecule has 96 valence electrons. The van der Waals surface area contributed by atoms with Crippen LogP contribution in [0.3, 0.4) is 0 Å². The number of hydrogen-bond donors (Lipinski definition) is 3. The van der Waals surface area contributed by atoms with E-state index >= 15 is 0 Å². The number of benzene rings is 1. The van der Waals surface area contributed by atoms with E-state index in [2.05, 4.69) is 15.3 Å². The number of nitrogens with zero attached hydrogens (tertiary/aromatic N) is 2. The summed E-state index contributed by atoms with van der Waals surface area (Å²) in [5, 5.41) is 13.2. The fourth-order valence-electron chi connectivity index (χ4n) is 1.72. The lowest BCUT2D eigenvalue weighted by atomic mass is 10.2. The lowest BCUT2D eigenvalue weighted by Gasteiger charge is -2.16. The van der Waals surface area contributed by atoms with Gasteiger partial charge in [0.15, 0.2) is 0 Å². The molecule has 1 atom stereocenters. The van der Waals surface area contributed by atoms with E-state index < -0.39 is 0 Å². The molecule has 0 fully saturated rings. The van der Waals surface area contributed by atoms with Crippen molar-refractivity contribution >= 4 is 22.4 Å². The molecular weight excluding hydrogens is 232 g/mol. The van der Waals surface area contributed by atoms with Crippen LogP contribution in [0.15, 0.2) is 24.5 Å². The molecule has 0 radical (unpaired) electrons. The number of rotatable bonds is 5. The highest BCUT2D eigenvalue weighted by Gasteiger charge is 2.10. The van der Waals surface area contributed by atoms with Crippen LogP contribution in [0.4, 0.5) is 11.5 Å². The molecule has 0 aliphatic heterocycles. The maximum atomic E-state index is 9.23. The minimum Gasteiger partial charge on any atom is -0.399 e. The largest absolute Gasteiger partial charge is 0.399 e. The van der Waals surface area contributed by atoms with Crippen molar-refractivity contribution in [3.8, 4) is 0 Å². The van der Waals surface area contributed by atoms with Crippen molar-refractivity contribution in [1.82, 2.24) is 9.97 Å². The summed E-state index contributed by atoms with van der Waals surface area (Å²) in [6.07, 6.45) is 1.46. The Hall–Kier alpha value is -1.92. The van der Waals surface area contributed by atoms with Gasteiger partial charge in [0.1, 0.15) is 12.1 Å². The fourth-order valence-corrected chi connectivity index (χ4v) is 1.72. The molecule has 0 aliphatic rings. The summed E-state index contributed by atoms with van der Waals surface area (Å²) in [7, 11) is 1.59. The van der Waals surface area contributed by atoms with Gasteiger partial charge in [-0.05, 0) is 18.2 Å². The van der Waals surface area contributed by atoms with E-state index in [1.165, 1.54) is 6.33 Å². The van der Waals surface area contributed by atoms with Gasteiger partial charge in [-0.25, -0.2) is 9.97 Å². The second-order valence-electron chi connectivity index (χ2n) is 3.98. The molecule has 1 aromatic heterocycles. The summed E-state index contributed by atoms with van der Waals surface area (Å²) < 4.78 is 5.01. The monoisotopic (exact) mass is 248 g/mol. The zero-order valence-electron chi connectivity index (χ0n) is 10.1. The van der Waals surface area contributed by atoms with Gasteiger partial charge in [0.2, 0.25) is 0 Å². The lowest BCUT2D eigenvalue weighted by Crippen LogP contribution is -2.29. The maximum absolute atomic E-state index is 9.23. The third-order valence-corrected chi connectivity index (χ3v) is 2.59. The number of methoxy groups -OCH3 is 1. The van der Waals surface area contributed by atoms with Crippen molar-refractivity contribution in [1.29, 1.82) is 0 Å². The molecule has 1 aromatic carbocycles. The number of aromatic nitrogens is 2. The average Bonchev–Trinajstić information content (AvgIpc) is 2.38. The predicted octanol–water partition coefficient (Wildman–Crippen LogP) is 0.631. The van der Waals surface area contributed by atoms with Gasteiger partial charge >= 0.3 is 0 Å². The maximum Gasteiger partial charge on any atom is 0.137 e. The van der Waals surface area contributed by atoms with Crippen LogP contribution in [0.1, 0.15) is 0 Å². The van der Waals surface area contributed by atoms with Crippen molar-refractivity contribution in [2.75, 3.05) is 31.4 Å². The van der Waals surface area contributed by atoms with E-state index in [4.69, 9.17) is 10.5 Å². The quantitative estimate of drug-likeness (QED) is 0.672. The van der Waals surface area contributed by atoms with E-state index in [1.807, 2.05) is 6.07 Å². The topological polar surface area (TPSA) is 93.3 Å². The van der Waals surface area contributed by atoms with E-state index in [0.717, 1.165) is 10.9 Å². The van der Waals surface area contributed by atoms with Crippen LogP contribution in [-0.4, -0.2) is 41.4 Å². The van der Waals surface area contributed by atoms with Gasteiger partial charge in [-0.2, -0.15) is 0 Å². The Morgan fingerprint density at radius 1 is 1.44 bits per heavy atom. The number of fused-ring (bicyclic) bond motifs is 1. The van der Waals surface area contributed by atoms with Crippen LogP contribution >= 0.6 is 0 Å². The zero-order chi connectivity index (χ0) is 13.0. The molecular formula is C12H16N4O2. The van der Waals surface area contributed by atoms with E-state index in [9.17, 15) is 5.11 Å². The smallest absolute Gasteiger partial charge is 0.137 e. The average molecular weight is 248 g/mol. The minimum absolute atomic E-state index is 0.0334. The summed E-state index contributed by atoms with van der Waals surface area (Å²) in [4.78, 5) is 8.33. The lowest BCUT2D eigenvalue weighted by molar-refractivity contribution is 0.153. The van der Waals surface area contributed by atoms with Gasteiger partial charge in [0.05, 0.1) is 24.8 Å². The molecule has 6 nitrogen and oxygen atoms in total. The van der Waals surface area contributed by atoms with E-state index in [0.29, 0.717) is 18.1 Å². The second-order valence-corrected chi connectivity index (χ2v) is 3.98. The molecule has 0 saturated heterocycles. The van der Waals surface area contributed by atoms with Gasteiger partial charge in [-0.1, -0.05) is 0 Å². The molecule has 0 bridgehead atoms. The third kappa shape index (κ3) is 2.66. The first-order valence-corrected chi connectivity index (χ1v) is 5.61. The van der Waals surface area contributed by atoms with Crippen LogP contribution in [0, 0.1) is 0 Å². The van der Waals surface area contributed by atoms with Gasteiger partial charge < -0.3 is 20.9 Å². The molecule has 4 N–H and O–H groups in total. The standard InChI is InChI=1S/C12H16N4O2/c1-18-6-9(5-17)16-12-10-3-2-8(13)4-11(10)14-7-15-12/h2-4,7,9,17H,5-6,13H2,1H3,(H,14,15,16). The normalized spacial score (nSPS) is 12.6. The van der Waals surface area contributed by atoms with Crippen LogP contribution in [-0.2, 0) is 4.74 Å². The Morgan fingerprint density at radius 3 is 3.00 bits per heavy atom. The highest BCUT2D eigenvalue weighted by Crippen LogP contribution is 2.21. The highest BCUT2D eigenvalue weighted by molar-refractivity contribution is 5.90. The Labute approximate surface area is 105 Å². The van der Waals surface area contributed by atoms with Gasteiger partial charge in [-0.3, -0.25) is 0 Å². The number of hydrogen-bond acceptors (Lipinski definition) is 6. The van der Waals surface area contributed by atoms with Crippen LogP contribution in [0.2, 0.25) is 0 Å². The van der Waals surface area contributed by atoms with Crippen LogP contribution < -0.4 is 11.1 Å². The second kappa shape index (κ2) is 5.61. The van der Waals surface area contributed by atoms with Crippen LogP contribution in [0.5, 0.6) is 0 Å². The van der Waals surface area contributed by atoms with Crippen molar-refractivity contribution in [3.05, 3.63) is 24.5 Å². The minimum atomic E-state index is -0.203. The predicted molar refractivity (Wildman–Crippen MR) is 70.3 cm³/mol. The summed E-state index contributed by atoms with van der Waals surface area (Å²) in [6.45, 7) is 0.366. The summed E-state index contributed by atoms with van der Waals surface area (Å²) >= 11 is 0. The van der Waals surface area contributed by atoms with Crippen molar-refractivity contribution < 1.29 is 9.84 Å². The number of ether oxygens (including phenoxy) is 1. The van der Waals surface area contributed by atoms with Gasteiger partial charge in [-0.15, -0.1) is 0 Å². The first kappa shape index (κ1) is 12.5. The van der Waals surface area contributed by atoms with Gasteiger partial charge in [0, 0.05) is 18.2 Å². The Morgan fingerprint density at radius 2 is 2.28 bits per heavy atom. The first-order chi connectivity index (χ1) is 8.74. The third-order valence-electron chi connectivity index (χ3n) is 2.59. The molecule has 0 saturated carbocycles. The molecule has 0 amide bonds. The molecule has 2 rings (SSSR count). The molecule has 0 aliphatic carbocycles. The summed E-state index contributed by atoms with van der Waals surface area (Å²) in [6, 6.07) is 5.23. The Balaban J connectivity index is 2.32. The van der Waals surface area contributed by atoms with E-state index in [-0.39, 0.29) is 12.6 Å². The summed E-state index contributed by atoms with van der Waals surface area (Å²) in [5.41, 5.74) is 7.13. The van der Waals surface area contributed by atoms with Crippen molar-refractivity contribution in [2.24, 2.45) is 0 Å². The highest BCUT2D eigenvalue weighted by atomic mass is 16.5. The summed E-state index contributed by atoms with van der Waals surface area (Å²) in [5.74, 6) is 0.663. The first-order valence-electron chi connectivity index (χ1n) is 5.61. The molecule has 1 heterocycles.